The van der Waals surface area contributed by atoms with E-state index in [9.17, 15) is 0 Å². The summed E-state index contributed by atoms with van der Waals surface area (Å²) < 4.78 is 10.7. The third-order valence-electron chi connectivity index (χ3n) is 2.64. The quantitative estimate of drug-likeness (QED) is 0.213. The molecule has 0 aliphatic rings. The average Bonchev–Trinajstić information content (AvgIpc) is 2.46. The molecule has 4 N–H and O–H groups in total. The molecule has 0 bridgehead atoms. The summed E-state index contributed by atoms with van der Waals surface area (Å²) in [7, 11) is 1.69. The summed E-state index contributed by atoms with van der Waals surface area (Å²) in [6.45, 7) is 4.11. The smallest absolute Gasteiger partial charge is 0.170 e. The SMILES string of the molecule is COC(C)CNCCOc1ccc(/C(N)=N/O)cc1. The first kappa shape index (κ1) is 15.3. The van der Waals surface area contributed by atoms with Gasteiger partial charge in [-0.2, -0.15) is 0 Å². The van der Waals surface area contributed by atoms with E-state index in [2.05, 4.69) is 10.5 Å². The van der Waals surface area contributed by atoms with Crippen molar-refractivity contribution in [1.82, 2.24) is 5.32 Å². The molecule has 6 nitrogen and oxygen atoms in total. The standard InChI is InChI=1S/C13H21N3O3/c1-10(18-2)9-15-7-8-19-12-5-3-11(4-6-12)13(14)16-17/h3-6,10,15,17H,7-9H2,1-2H3,(H2,14,16). The van der Waals surface area contributed by atoms with Gasteiger partial charge in [-0.15, -0.1) is 0 Å². The number of nitrogens with zero attached hydrogens (tertiary/aromatic N) is 1. The van der Waals surface area contributed by atoms with Crippen molar-refractivity contribution in [2.45, 2.75) is 13.0 Å². The van der Waals surface area contributed by atoms with Crippen LogP contribution < -0.4 is 15.8 Å². The summed E-state index contributed by atoms with van der Waals surface area (Å²) in [5, 5.41) is 14.7. The second-order valence-corrected chi connectivity index (χ2v) is 4.11. The Labute approximate surface area is 113 Å². The number of amidine groups is 1. The van der Waals surface area contributed by atoms with E-state index in [-0.39, 0.29) is 11.9 Å². The van der Waals surface area contributed by atoms with Crippen molar-refractivity contribution in [3.8, 4) is 5.75 Å². The minimum atomic E-state index is 0.0850. The van der Waals surface area contributed by atoms with E-state index in [4.69, 9.17) is 20.4 Å². The largest absolute Gasteiger partial charge is 0.492 e. The molecule has 1 atom stereocenters. The van der Waals surface area contributed by atoms with Gasteiger partial charge in [0.15, 0.2) is 5.84 Å². The molecule has 0 amide bonds. The van der Waals surface area contributed by atoms with Crippen molar-refractivity contribution < 1.29 is 14.7 Å². The lowest BCUT2D eigenvalue weighted by Crippen LogP contribution is -2.29. The van der Waals surface area contributed by atoms with Crippen molar-refractivity contribution in [2.24, 2.45) is 10.9 Å². The molecule has 0 aliphatic carbocycles. The van der Waals surface area contributed by atoms with E-state index in [1.54, 1.807) is 31.4 Å². The van der Waals surface area contributed by atoms with Gasteiger partial charge in [0.2, 0.25) is 0 Å². The number of hydrogen-bond acceptors (Lipinski definition) is 5. The van der Waals surface area contributed by atoms with Crippen LogP contribution in [0, 0.1) is 0 Å². The Morgan fingerprint density at radius 2 is 2.11 bits per heavy atom. The second kappa shape index (κ2) is 8.34. The first-order chi connectivity index (χ1) is 9.17. The minimum Gasteiger partial charge on any atom is -0.492 e. The van der Waals surface area contributed by atoms with Crippen molar-refractivity contribution in [3.05, 3.63) is 29.8 Å². The van der Waals surface area contributed by atoms with Crippen LogP contribution in [0.2, 0.25) is 0 Å². The molecule has 106 valence electrons. The van der Waals surface area contributed by atoms with Crippen LogP contribution in [0.4, 0.5) is 0 Å². The molecule has 19 heavy (non-hydrogen) atoms. The molecule has 0 aliphatic heterocycles. The van der Waals surface area contributed by atoms with Gasteiger partial charge >= 0.3 is 0 Å². The number of benzene rings is 1. The van der Waals surface area contributed by atoms with Crippen molar-refractivity contribution in [3.63, 3.8) is 0 Å². The van der Waals surface area contributed by atoms with Gasteiger partial charge in [-0.1, -0.05) is 5.16 Å². The fourth-order valence-electron chi connectivity index (χ4n) is 1.41. The first-order valence-corrected chi connectivity index (χ1v) is 6.11. The molecule has 1 aromatic carbocycles. The highest BCUT2D eigenvalue weighted by atomic mass is 16.5. The van der Waals surface area contributed by atoms with Crippen LogP contribution in [0.1, 0.15) is 12.5 Å². The van der Waals surface area contributed by atoms with E-state index in [0.717, 1.165) is 18.8 Å². The van der Waals surface area contributed by atoms with Crippen LogP contribution in [0.3, 0.4) is 0 Å². The number of methoxy groups -OCH3 is 1. The summed E-state index contributed by atoms with van der Waals surface area (Å²) in [5.74, 6) is 0.831. The van der Waals surface area contributed by atoms with E-state index >= 15 is 0 Å². The molecule has 0 radical (unpaired) electrons. The third kappa shape index (κ3) is 5.58. The first-order valence-electron chi connectivity index (χ1n) is 6.11. The van der Waals surface area contributed by atoms with Gasteiger partial charge in [0.25, 0.3) is 0 Å². The Bertz CT molecular complexity index is 393. The van der Waals surface area contributed by atoms with Crippen molar-refractivity contribution in [2.75, 3.05) is 26.8 Å². The Morgan fingerprint density at radius 3 is 2.68 bits per heavy atom. The van der Waals surface area contributed by atoms with Gasteiger partial charge in [0, 0.05) is 25.8 Å². The molecular weight excluding hydrogens is 246 g/mol. The van der Waals surface area contributed by atoms with Gasteiger partial charge in [0.1, 0.15) is 12.4 Å². The van der Waals surface area contributed by atoms with Gasteiger partial charge in [-0.05, 0) is 31.2 Å². The van der Waals surface area contributed by atoms with E-state index in [0.29, 0.717) is 12.2 Å². The number of ether oxygens (including phenoxy) is 2. The second-order valence-electron chi connectivity index (χ2n) is 4.11. The lowest BCUT2D eigenvalue weighted by molar-refractivity contribution is 0.116. The minimum absolute atomic E-state index is 0.0850. The highest BCUT2D eigenvalue weighted by Crippen LogP contribution is 2.11. The van der Waals surface area contributed by atoms with Crippen molar-refractivity contribution >= 4 is 5.84 Å². The number of hydrogen-bond donors (Lipinski definition) is 3. The normalized spacial score (nSPS) is 13.3. The van der Waals surface area contributed by atoms with Crippen LogP contribution in [0.25, 0.3) is 0 Å². The van der Waals surface area contributed by atoms with Gasteiger partial charge in [-0.25, -0.2) is 0 Å². The zero-order chi connectivity index (χ0) is 14.1. The predicted molar refractivity (Wildman–Crippen MR) is 73.8 cm³/mol. The number of nitrogens with one attached hydrogen (secondary N) is 1. The maximum Gasteiger partial charge on any atom is 0.170 e. The monoisotopic (exact) mass is 267 g/mol. The Balaban J connectivity index is 2.27. The zero-order valence-electron chi connectivity index (χ0n) is 11.3. The molecule has 0 spiro atoms. The van der Waals surface area contributed by atoms with Crippen molar-refractivity contribution in [1.29, 1.82) is 0 Å². The lowest BCUT2D eigenvalue weighted by atomic mass is 10.2. The highest BCUT2D eigenvalue weighted by Gasteiger charge is 2.00. The van der Waals surface area contributed by atoms with Crippen LogP contribution in [-0.4, -0.2) is 44.0 Å². The van der Waals surface area contributed by atoms with Crippen LogP contribution >= 0.6 is 0 Å². The molecule has 0 saturated heterocycles. The van der Waals surface area contributed by atoms with E-state index in [1.165, 1.54) is 0 Å². The van der Waals surface area contributed by atoms with E-state index < -0.39 is 0 Å². The lowest BCUT2D eigenvalue weighted by Gasteiger charge is -2.11. The van der Waals surface area contributed by atoms with Crippen LogP contribution in [-0.2, 0) is 4.74 Å². The summed E-state index contributed by atoms with van der Waals surface area (Å²) in [5.41, 5.74) is 6.12. The highest BCUT2D eigenvalue weighted by molar-refractivity contribution is 5.97. The maximum absolute atomic E-state index is 8.54. The van der Waals surface area contributed by atoms with Gasteiger partial charge in [-0.3, -0.25) is 0 Å². The molecule has 6 heteroatoms. The number of rotatable bonds is 8. The molecule has 0 fully saturated rings. The molecule has 1 rings (SSSR count). The number of oxime groups is 1. The molecule has 0 aromatic heterocycles. The van der Waals surface area contributed by atoms with Crippen LogP contribution in [0.15, 0.2) is 29.4 Å². The molecule has 0 heterocycles. The molecule has 1 unspecified atom stereocenters. The number of nitrogens with two attached hydrogens (primary N) is 1. The third-order valence-corrected chi connectivity index (χ3v) is 2.64. The Hall–Kier alpha value is -1.79. The average molecular weight is 267 g/mol. The Morgan fingerprint density at radius 1 is 1.42 bits per heavy atom. The molecule has 1 aromatic rings. The fourth-order valence-corrected chi connectivity index (χ4v) is 1.41. The summed E-state index contributed by atoms with van der Waals surface area (Å²) in [6.07, 6.45) is 0.194. The summed E-state index contributed by atoms with van der Waals surface area (Å²) >= 11 is 0. The van der Waals surface area contributed by atoms with Gasteiger partial charge in [0.05, 0.1) is 6.10 Å². The Kier molecular flexibility index (Phi) is 6.70. The fraction of sp³-hybridized carbons (Fsp3) is 0.462. The van der Waals surface area contributed by atoms with E-state index in [1.807, 2.05) is 6.92 Å². The summed E-state index contributed by atoms with van der Waals surface area (Å²) in [4.78, 5) is 0. The maximum atomic E-state index is 8.54. The topological polar surface area (TPSA) is 89.1 Å². The zero-order valence-corrected chi connectivity index (χ0v) is 11.3. The van der Waals surface area contributed by atoms with Gasteiger partial charge < -0.3 is 25.7 Å². The summed E-state index contributed by atoms with van der Waals surface area (Å²) in [6, 6.07) is 7.05. The van der Waals surface area contributed by atoms with Crippen LogP contribution in [0.5, 0.6) is 5.75 Å². The predicted octanol–water partition coefficient (Wildman–Crippen LogP) is 0.784. The molecule has 0 saturated carbocycles. The molecular formula is C13H21N3O3.